The lowest BCUT2D eigenvalue weighted by atomic mass is 9.65. The molecule has 3 aliphatic rings. The fourth-order valence-electron chi connectivity index (χ4n) is 5.99. The van der Waals surface area contributed by atoms with E-state index in [1.54, 1.807) is 0 Å². The summed E-state index contributed by atoms with van der Waals surface area (Å²) in [7, 11) is 0. The molecule has 0 heterocycles. The quantitative estimate of drug-likeness (QED) is 0.562. The van der Waals surface area contributed by atoms with E-state index in [0.717, 1.165) is 42.4 Å². The predicted molar refractivity (Wildman–Crippen MR) is 97.4 cm³/mol. The van der Waals surface area contributed by atoms with Crippen LogP contribution in [0.5, 0.6) is 0 Å². The van der Waals surface area contributed by atoms with Crippen molar-refractivity contribution in [2.45, 2.75) is 103 Å². The Morgan fingerprint density at radius 1 is 0.783 bits per heavy atom. The molecule has 23 heavy (non-hydrogen) atoms. The van der Waals surface area contributed by atoms with E-state index in [-0.39, 0.29) is 0 Å². The molecule has 1 nitrogen and oxygen atoms in total. The number of carbonyl (C=O) groups is 1. The number of hydrogen-bond acceptors (Lipinski definition) is 1. The van der Waals surface area contributed by atoms with Gasteiger partial charge in [0.25, 0.3) is 0 Å². The second-order valence-electron chi connectivity index (χ2n) is 8.99. The summed E-state index contributed by atoms with van der Waals surface area (Å²) in [5, 5.41) is 0. The number of Topliss-reactive ketones (excluding diaryl/α,β-unsaturated/α-hetero) is 1. The van der Waals surface area contributed by atoms with Gasteiger partial charge in [0.1, 0.15) is 5.78 Å². The van der Waals surface area contributed by atoms with Crippen LogP contribution in [-0.2, 0) is 4.79 Å². The first-order valence-electron chi connectivity index (χ1n) is 10.8. The van der Waals surface area contributed by atoms with E-state index in [9.17, 15) is 4.79 Å². The van der Waals surface area contributed by atoms with Crippen LogP contribution in [0.2, 0.25) is 0 Å². The number of carbonyl (C=O) groups excluding carboxylic acids is 1. The first-order chi connectivity index (χ1) is 11.3. The lowest BCUT2D eigenvalue weighted by Crippen LogP contribution is -2.30. The van der Waals surface area contributed by atoms with E-state index in [2.05, 4.69) is 6.92 Å². The van der Waals surface area contributed by atoms with Crippen molar-refractivity contribution >= 4 is 5.78 Å². The molecule has 0 aromatic carbocycles. The predicted octanol–water partition coefficient (Wildman–Crippen LogP) is 6.55. The molecule has 0 N–H and O–H groups in total. The summed E-state index contributed by atoms with van der Waals surface area (Å²) in [5.74, 6) is 5.31. The Labute approximate surface area is 144 Å². The highest BCUT2D eigenvalue weighted by Gasteiger charge is 2.34. The van der Waals surface area contributed by atoms with Crippen LogP contribution in [0.25, 0.3) is 0 Å². The molecule has 0 aliphatic heterocycles. The van der Waals surface area contributed by atoms with E-state index >= 15 is 0 Å². The molecular formula is C22H38O. The van der Waals surface area contributed by atoms with Gasteiger partial charge in [-0.1, -0.05) is 39.0 Å². The number of ketones is 1. The van der Waals surface area contributed by atoms with Crippen LogP contribution in [0, 0.1) is 29.6 Å². The number of unbranched alkanes of at least 4 members (excludes halogenated alkanes) is 1. The van der Waals surface area contributed by atoms with Gasteiger partial charge < -0.3 is 0 Å². The van der Waals surface area contributed by atoms with Crippen LogP contribution in [-0.4, -0.2) is 5.78 Å². The van der Waals surface area contributed by atoms with Crippen LogP contribution in [0.15, 0.2) is 0 Å². The average molecular weight is 319 g/mol. The molecule has 1 unspecified atom stereocenters. The summed E-state index contributed by atoms with van der Waals surface area (Å²) >= 11 is 0. The van der Waals surface area contributed by atoms with Crippen molar-refractivity contribution in [2.75, 3.05) is 0 Å². The Balaban J connectivity index is 1.38. The summed E-state index contributed by atoms with van der Waals surface area (Å²) in [6.45, 7) is 2.32. The minimum Gasteiger partial charge on any atom is -0.300 e. The Morgan fingerprint density at radius 2 is 1.35 bits per heavy atom. The minimum absolute atomic E-state index is 0.550. The third-order valence-corrected chi connectivity index (χ3v) is 7.53. The summed E-state index contributed by atoms with van der Waals surface area (Å²) < 4.78 is 0. The second-order valence-corrected chi connectivity index (χ2v) is 8.99. The third-order valence-electron chi connectivity index (χ3n) is 7.53. The molecule has 0 saturated heterocycles. The summed E-state index contributed by atoms with van der Waals surface area (Å²) in [5.41, 5.74) is 0. The molecule has 0 spiro atoms. The molecule has 0 aromatic heterocycles. The summed E-state index contributed by atoms with van der Waals surface area (Å²) in [6.07, 6.45) is 20.5. The monoisotopic (exact) mass is 318 g/mol. The van der Waals surface area contributed by atoms with E-state index in [1.165, 1.54) is 83.5 Å². The molecule has 1 atom stereocenters. The second kappa shape index (κ2) is 8.67. The maximum atomic E-state index is 11.7. The van der Waals surface area contributed by atoms with Gasteiger partial charge in [-0.2, -0.15) is 0 Å². The molecule has 3 saturated carbocycles. The standard InChI is InChI=1S/C22H38O/c1-2-3-5-17-8-10-18(11-9-17)19-12-14-20(15-13-19)21-6-4-7-22(23)16-21/h17-21H,2-16H2,1H3/t17-,18-,19?,20?,21?. The molecule has 132 valence electrons. The zero-order valence-corrected chi connectivity index (χ0v) is 15.4. The lowest BCUT2D eigenvalue weighted by molar-refractivity contribution is -0.122. The van der Waals surface area contributed by atoms with Crippen molar-refractivity contribution in [1.29, 1.82) is 0 Å². The van der Waals surface area contributed by atoms with Crippen LogP contribution >= 0.6 is 0 Å². The molecule has 0 amide bonds. The van der Waals surface area contributed by atoms with Crippen LogP contribution in [0.3, 0.4) is 0 Å². The highest BCUT2D eigenvalue weighted by atomic mass is 16.1. The normalized spacial score (nSPS) is 39.3. The fourth-order valence-corrected chi connectivity index (χ4v) is 5.99. The van der Waals surface area contributed by atoms with E-state index < -0.39 is 0 Å². The number of hydrogen-bond donors (Lipinski definition) is 0. The van der Waals surface area contributed by atoms with Gasteiger partial charge >= 0.3 is 0 Å². The number of rotatable bonds is 5. The summed E-state index contributed by atoms with van der Waals surface area (Å²) in [6, 6.07) is 0. The topological polar surface area (TPSA) is 17.1 Å². The Hall–Kier alpha value is -0.330. The molecule has 3 rings (SSSR count). The molecular weight excluding hydrogens is 280 g/mol. The SMILES string of the molecule is CCCC[C@H]1CC[C@H](C2CCC(C3CCCC(=O)C3)CC2)CC1. The van der Waals surface area contributed by atoms with Gasteiger partial charge in [-0.25, -0.2) is 0 Å². The smallest absolute Gasteiger partial charge is 0.133 e. The fraction of sp³-hybridized carbons (Fsp3) is 0.955. The zero-order valence-electron chi connectivity index (χ0n) is 15.4. The maximum absolute atomic E-state index is 11.7. The largest absolute Gasteiger partial charge is 0.300 e. The van der Waals surface area contributed by atoms with Crippen molar-refractivity contribution in [3.63, 3.8) is 0 Å². The van der Waals surface area contributed by atoms with Crippen molar-refractivity contribution in [3.8, 4) is 0 Å². The Morgan fingerprint density at radius 3 is 1.91 bits per heavy atom. The van der Waals surface area contributed by atoms with Crippen molar-refractivity contribution in [3.05, 3.63) is 0 Å². The highest BCUT2D eigenvalue weighted by molar-refractivity contribution is 5.79. The average Bonchev–Trinajstić information content (AvgIpc) is 2.61. The van der Waals surface area contributed by atoms with Gasteiger partial charge in [0.15, 0.2) is 0 Å². The van der Waals surface area contributed by atoms with Gasteiger partial charge in [-0.15, -0.1) is 0 Å². The molecule has 0 aromatic rings. The van der Waals surface area contributed by atoms with Gasteiger partial charge in [0.05, 0.1) is 0 Å². The van der Waals surface area contributed by atoms with E-state index in [0.29, 0.717) is 5.78 Å². The minimum atomic E-state index is 0.550. The molecule has 0 radical (unpaired) electrons. The maximum Gasteiger partial charge on any atom is 0.133 e. The van der Waals surface area contributed by atoms with Gasteiger partial charge in [0, 0.05) is 12.8 Å². The first-order valence-corrected chi connectivity index (χ1v) is 10.8. The summed E-state index contributed by atoms with van der Waals surface area (Å²) in [4.78, 5) is 11.7. The molecule has 3 fully saturated rings. The van der Waals surface area contributed by atoms with Crippen molar-refractivity contribution in [1.82, 2.24) is 0 Å². The van der Waals surface area contributed by atoms with Crippen molar-refractivity contribution < 1.29 is 4.79 Å². The van der Waals surface area contributed by atoms with Crippen LogP contribution < -0.4 is 0 Å². The van der Waals surface area contributed by atoms with Gasteiger partial charge in [0.2, 0.25) is 0 Å². The zero-order chi connectivity index (χ0) is 16.1. The lowest BCUT2D eigenvalue weighted by Gasteiger charge is -2.40. The van der Waals surface area contributed by atoms with E-state index in [4.69, 9.17) is 0 Å². The molecule has 3 aliphatic carbocycles. The molecule has 1 heteroatoms. The Bertz CT molecular complexity index is 358. The highest BCUT2D eigenvalue weighted by Crippen LogP contribution is 2.45. The Kier molecular flexibility index (Phi) is 6.60. The van der Waals surface area contributed by atoms with Gasteiger partial charge in [-0.05, 0) is 81.0 Å². The van der Waals surface area contributed by atoms with Crippen LogP contribution in [0.4, 0.5) is 0 Å². The first kappa shape index (κ1) is 17.5. The molecule has 0 bridgehead atoms. The van der Waals surface area contributed by atoms with E-state index in [1.807, 2.05) is 0 Å². The van der Waals surface area contributed by atoms with Gasteiger partial charge in [-0.3, -0.25) is 4.79 Å². The van der Waals surface area contributed by atoms with Crippen LogP contribution in [0.1, 0.15) is 103 Å². The third kappa shape index (κ3) is 4.83. The van der Waals surface area contributed by atoms with Crippen molar-refractivity contribution in [2.24, 2.45) is 29.6 Å².